The molecule has 19 heavy (non-hydrogen) atoms. The van der Waals surface area contributed by atoms with Gasteiger partial charge in [0.05, 0.1) is 10.5 Å². The standard InChI is InChI=1S/C13H17N3O3/c1-8-5-9(8)7-15(2)13(17)11-6-10(16(18)19)3-4-12(11)14/h3-4,6,8-9H,5,7,14H2,1-2H3. The molecule has 6 nitrogen and oxygen atoms in total. The highest BCUT2D eigenvalue weighted by Gasteiger charge is 2.34. The molecule has 1 aromatic rings. The number of nitrogen functional groups attached to an aromatic ring is 1. The van der Waals surface area contributed by atoms with Crippen LogP contribution in [0.5, 0.6) is 0 Å². The Bertz CT molecular complexity index is 530. The lowest BCUT2D eigenvalue weighted by Gasteiger charge is -2.18. The van der Waals surface area contributed by atoms with Crippen molar-refractivity contribution in [1.82, 2.24) is 4.90 Å². The monoisotopic (exact) mass is 263 g/mol. The first-order chi connectivity index (χ1) is 8.90. The van der Waals surface area contributed by atoms with E-state index in [1.807, 2.05) is 0 Å². The number of carbonyl (C=O) groups excluding carboxylic acids is 1. The van der Waals surface area contributed by atoms with Crippen molar-refractivity contribution in [2.45, 2.75) is 13.3 Å². The number of nitro groups is 1. The summed E-state index contributed by atoms with van der Waals surface area (Å²) in [5.41, 5.74) is 6.08. The lowest BCUT2D eigenvalue weighted by molar-refractivity contribution is -0.384. The van der Waals surface area contributed by atoms with Crippen LogP contribution in [-0.4, -0.2) is 29.3 Å². The van der Waals surface area contributed by atoms with Crippen molar-refractivity contribution in [3.8, 4) is 0 Å². The first-order valence-electron chi connectivity index (χ1n) is 6.19. The largest absolute Gasteiger partial charge is 0.398 e. The summed E-state index contributed by atoms with van der Waals surface area (Å²) in [5, 5.41) is 10.7. The Morgan fingerprint density at radius 1 is 1.58 bits per heavy atom. The second-order valence-electron chi connectivity index (χ2n) is 5.19. The van der Waals surface area contributed by atoms with Gasteiger partial charge in [-0.2, -0.15) is 0 Å². The average Bonchev–Trinajstić information content (AvgIpc) is 3.04. The van der Waals surface area contributed by atoms with Gasteiger partial charge in [0.25, 0.3) is 11.6 Å². The van der Waals surface area contributed by atoms with E-state index in [1.165, 1.54) is 18.2 Å². The number of amides is 1. The third kappa shape index (κ3) is 2.83. The third-order valence-corrected chi connectivity index (χ3v) is 3.61. The van der Waals surface area contributed by atoms with Crippen molar-refractivity contribution >= 4 is 17.3 Å². The van der Waals surface area contributed by atoms with E-state index < -0.39 is 4.92 Å². The molecule has 2 N–H and O–H groups in total. The summed E-state index contributed by atoms with van der Waals surface area (Å²) in [4.78, 5) is 24.0. The molecule has 1 aliphatic rings. The van der Waals surface area contributed by atoms with Crippen molar-refractivity contribution in [1.29, 1.82) is 0 Å². The van der Waals surface area contributed by atoms with Gasteiger partial charge in [-0.3, -0.25) is 14.9 Å². The minimum absolute atomic E-state index is 0.120. The van der Waals surface area contributed by atoms with Gasteiger partial charge < -0.3 is 10.6 Å². The van der Waals surface area contributed by atoms with Crippen molar-refractivity contribution in [2.75, 3.05) is 19.3 Å². The van der Waals surface area contributed by atoms with Crippen LogP contribution in [0.4, 0.5) is 11.4 Å². The van der Waals surface area contributed by atoms with Crippen LogP contribution in [0.15, 0.2) is 18.2 Å². The fraction of sp³-hybridized carbons (Fsp3) is 0.462. The molecule has 0 aromatic heterocycles. The zero-order valence-corrected chi connectivity index (χ0v) is 11.0. The van der Waals surface area contributed by atoms with E-state index >= 15 is 0 Å². The van der Waals surface area contributed by atoms with Crippen LogP contribution in [-0.2, 0) is 0 Å². The van der Waals surface area contributed by atoms with Crippen molar-refractivity contribution in [3.63, 3.8) is 0 Å². The number of nitro benzene ring substituents is 1. The number of nitrogens with two attached hydrogens (primary N) is 1. The lowest BCUT2D eigenvalue weighted by Crippen LogP contribution is -2.29. The Morgan fingerprint density at radius 3 is 2.74 bits per heavy atom. The molecule has 102 valence electrons. The van der Waals surface area contributed by atoms with Gasteiger partial charge in [0, 0.05) is 31.4 Å². The number of carbonyl (C=O) groups is 1. The number of rotatable bonds is 4. The summed E-state index contributed by atoms with van der Waals surface area (Å²) in [7, 11) is 1.70. The fourth-order valence-corrected chi connectivity index (χ4v) is 2.14. The predicted molar refractivity (Wildman–Crippen MR) is 71.7 cm³/mol. The molecule has 1 aliphatic carbocycles. The number of non-ortho nitro benzene ring substituents is 1. The molecule has 1 amide bonds. The number of nitrogens with zero attached hydrogens (tertiary/aromatic N) is 2. The first-order valence-corrected chi connectivity index (χ1v) is 6.19. The lowest BCUT2D eigenvalue weighted by atomic mass is 10.1. The highest BCUT2D eigenvalue weighted by molar-refractivity contribution is 5.99. The van der Waals surface area contributed by atoms with Crippen LogP contribution in [0.3, 0.4) is 0 Å². The van der Waals surface area contributed by atoms with Gasteiger partial charge in [-0.25, -0.2) is 0 Å². The summed E-state index contributed by atoms with van der Waals surface area (Å²) in [6, 6.07) is 3.94. The molecule has 1 saturated carbocycles. The van der Waals surface area contributed by atoms with Gasteiger partial charge in [0.15, 0.2) is 0 Å². The summed E-state index contributed by atoms with van der Waals surface area (Å²) in [6.45, 7) is 2.81. The Labute approximate surface area is 111 Å². The van der Waals surface area contributed by atoms with Crippen LogP contribution < -0.4 is 5.73 Å². The molecule has 0 heterocycles. The predicted octanol–water partition coefficient (Wildman–Crippen LogP) is 1.91. The quantitative estimate of drug-likeness (QED) is 0.510. The molecule has 2 rings (SSSR count). The van der Waals surface area contributed by atoms with Crippen molar-refractivity contribution in [2.24, 2.45) is 11.8 Å². The van der Waals surface area contributed by atoms with Crippen LogP contribution in [0, 0.1) is 22.0 Å². The van der Waals surface area contributed by atoms with Crippen LogP contribution in [0.2, 0.25) is 0 Å². The van der Waals surface area contributed by atoms with E-state index in [-0.39, 0.29) is 22.8 Å². The normalized spacial score (nSPS) is 20.9. The molecule has 2 unspecified atom stereocenters. The maximum atomic E-state index is 12.2. The topological polar surface area (TPSA) is 89.5 Å². The number of hydrogen-bond acceptors (Lipinski definition) is 4. The summed E-state index contributed by atoms with van der Waals surface area (Å²) in [6.07, 6.45) is 1.13. The Morgan fingerprint density at radius 2 is 2.21 bits per heavy atom. The van der Waals surface area contributed by atoms with Crippen LogP contribution in [0.25, 0.3) is 0 Å². The molecular weight excluding hydrogens is 246 g/mol. The van der Waals surface area contributed by atoms with Gasteiger partial charge in [-0.05, 0) is 24.3 Å². The van der Waals surface area contributed by atoms with E-state index in [4.69, 9.17) is 5.73 Å². The molecule has 0 spiro atoms. The second-order valence-corrected chi connectivity index (χ2v) is 5.19. The molecule has 0 aliphatic heterocycles. The third-order valence-electron chi connectivity index (χ3n) is 3.61. The van der Waals surface area contributed by atoms with Crippen molar-refractivity contribution < 1.29 is 9.72 Å². The Kier molecular flexibility index (Phi) is 3.42. The van der Waals surface area contributed by atoms with Gasteiger partial charge in [0.2, 0.25) is 0 Å². The Hall–Kier alpha value is -2.11. The summed E-state index contributed by atoms with van der Waals surface area (Å²) >= 11 is 0. The summed E-state index contributed by atoms with van der Waals surface area (Å²) in [5.74, 6) is 0.923. The highest BCUT2D eigenvalue weighted by atomic mass is 16.6. The van der Waals surface area contributed by atoms with E-state index in [0.717, 1.165) is 6.42 Å². The zero-order chi connectivity index (χ0) is 14.2. The zero-order valence-electron chi connectivity index (χ0n) is 11.0. The highest BCUT2D eigenvalue weighted by Crippen LogP contribution is 2.38. The van der Waals surface area contributed by atoms with Gasteiger partial charge in [-0.15, -0.1) is 0 Å². The van der Waals surface area contributed by atoms with Crippen LogP contribution in [0.1, 0.15) is 23.7 Å². The summed E-state index contributed by atoms with van der Waals surface area (Å²) < 4.78 is 0. The Balaban J connectivity index is 2.17. The minimum Gasteiger partial charge on any atom is -0.398 e. The second kappa shape index (κ2) is 4.87. The maximum absolute atomic E-state index is 12.2. The SMILES string of the molecule is CC1CC1CN(C)C(=O)c1cc([N+](=O)[O-])ccc1N. The minimum atomic E-state index is -0.529. The van der Waals surface area contributed by atoms with Gasteiger partial charge >= 0.3 is 0 Å². The van der Waals surface area contributed by atoms with Gasteiger partial charge in [-0.1, -0.05) is 6.92 Å². The fourth-order valence-electron chi connectivity index (χ4n) is 2.14. The molecular formula is C13H17N3O3. The van der Waals surface area contributed by atoms with Gasteiger partial charge in [0.1, 0.15) is 0 Å². The molecule has 2 atom stereocenters. The van der Waals surface area contributed by atoms with E-state index in [9.17, 15) is 14.9 Å². The average molecular weight is 263 g/mol. The van der Waals surface area contributed by atoms with E-state index in [0.29, 0.717) is 18.4 Å². The maximum Gasteiger partial charge on any atom is 0.270 e. The molecule has 0 saturated heterocycles. The van der Waals surface area contributed by atoms with E-state index in [2.05, 4.69) is 6.92 Å². The molecule has 0 radical (unpaired) electrons. The smallest absolute Gasteiger partial charge is 0.270 e. The van der Waals surface area contributed by atoms with Crippen LogP contribution >= 0.6 is 0 Å². The number of hydrogen-bond donors (Lipinski definition) is 1. The number of anilines is 1. The molecule has 6 heteroatoms. The number of benzene rings is 1. The molecule has 1 aromatic carbocycles. The van der Waals surface area contributed by atoms with E-state index in [1.54, 1.807) is 11.9 Å². The molecule has 0 bridgehead atoms. The first kappa shape index (κ1) is 13.3. The van der Waals surface area contributed by atoms with Crippen molar-refractivity contribution in [3.05, 3.63) is 33.9 Å². The molecule has 1 fully saturated rings.